The van der Waals surface area contributed by atoms with Crippen LogP contribution in [0.25, 0.3) is 22.1 Å². The van der Waals surface area contributed by atoms with E-state index in [1.54, 1.807) is 24.3 Å². The van der Waals surface area contributed by atoms with Crippen LogP contribution in [0.5, 0.6) is 17.4 Å². The van der Waals surface area contributed by atoms with E-state index >= 15 is 0 Å². The van der Waals surface area contributed by atoms with Crippen LogP contribution >= 0.6 is 0 Å². The van der Waals surface area contributed by atoms with Crippen LogP contribution in [0.15, 0.2) is 51.7 Å². The van der Waals surface area contributed by atoms with Crippen molar-refractivity contribution in [2.45, 2.75) is 32.2 Å². The number of hydrogen-bond donors (Lipinski definition) is 2. The molecular formula is C23H25NO5. The fraction of sp³-hybridized carbons (Fsp3) is 0.348. The highest BCUT2D eigenvalue weighted by molar-refractivity contribution is 5.89. The smallest absolute Gasteiger partial charge is 0.294 e. The van der Waals surface area contributed by atoms with E-state index < -0.39 is 11.4 Å². The Hall–Kier alpha value is -2.99. The Labute approximate surface area is 169 Å². The van der Waals surface area contributed by atoms with E-state index in [1.165, 1.54) is 31.4 Å². The predicted octanol–water partition coefficient (Wildman–Crippen LogP) is 4.12. The van der Waals surface area contributed by atoms with Gasteiger partial charge in [0.05, 0.1) is 0 Å². The molecule has 1 fully saturated rings. The summed E-state index contributed by atoms with van der Waals surface area (Å²) in [4.78, 5) is 15.3. The zero-order valence-electron chi connectivity index (χ0n) is 16.4. The van der Waals surface area contributed by atoms with E-state index in [-0.39, 0.29) is 28.3 Å². The lowest BCUT2D eigenvalue weighted by Crippen LogP contribution is -2.40. The summed E-state index contributed by atoms with van der Waals surface area (Å²) < 4.78 is 11.3. The largest absolute Gasteiger partial charge is 0.507 e. The number of ether oxygens (including phenoxy) is 1. The van der Waals surface area contributed by atoms with Gasteiger partial charge in [-0.15, -0.1) is 0 Å². The molecule has 6 heteroatoms. The average molecular weight is 395 g/mol. The Morgan fingerprint density at radius 2 is 1.83 bits per heavy atom. The quantitative estimate of drug-likeness (QED) is 0.676. The number of nitrogens with zero attached hydrogens (tertiary/aromatic N) is 1. The molecule has 0 radical (unpaired) electrons. The Bertz CT molecular complexity index is 1050. The second-order valence-corrected chi connectivity index (χ2v) is 7.55. The van der Waals surface area contributed by atoms with Crippen molar-refractivity contribution in [1.29, 1.82) is 0 Å². The molecule has 0 bridgehead atoms. The third kappa shape index (κ3) is 3.93. The molecule has 29 heavy (non-hydrogen) atoms. The van der Waals surface area contributed by atoms with Gasteiger partial charge in [-0.05, 0) is 38.4 Å². The van der Waals surface area contributed by atoms with Gasteiger partial charge in [-0.25, -0.2) is 0 Å². The number of fused-ring (bicyclic) bond motifs is 1. The van der Waals surface area contributed by atoms with E-state index in [2.05, 4.69) is 11.8 Å². The predicted molar refractivity (Wildman–Crippen MR) is 112 cm³/mol. The maximum Gasteiger partial charge on any atom is 0.294 e. The van der Waals surface area contributed by atoms with E-state index in [0.717, 1.165) is 13.1 Å². The molecule has 0 saturated carbocycles. The lowest BCUT2D eigenvalue weighted by Gasteiger charge is -2.32. The van der Waals surface area contributed by atoms with Gasteiger partial charge in [0.25, 0.3) is 5.95 Å². The zero-order chi connectivity index (χ0) is 20.4. The minimum Gasteiger partial charge on any atom is -0.507 e. The Morgan fingerprint density at radius 3 is 2.55 bits per heavy atom. The number of hydrogen-bond acceptors (Lipinski definition) is 6. The lowest BCUT2D eigenvalue weighted by atomic mass is 10.0. The van der Waals surface area contributed by atoms with Crippen LogP contribution in [0, 0.1) is 0 Å². The molecule has 2 N–H and O–H groups in total. The highest BCUT2D eigenvalue weighted by atomic mass is 16.5. The molecule has 0 spiro atoms. The van der Waals surface area contributed by atoms with Crippen molar-refractivity contribution in [3.63, 3.8) is 0 Å². The number of rotatable bonds is 5. The third-order valence-corrected chi connectivity index (χ3v) is 5.50. The van der Waals surface area contributed by atoms with Gasteiger partial charge in [0.1, 0.15) is 34.6 Å². The average Bonchev–Trinajstić information content (AvgIpc) is 2.73. The van der Waals surface area contributed by atoms with Crippen molar-refractivity contribution in [2.24, 2.45) is 0 Å². The molecule has 152 valence electrons. The van der Waals surface area contributed by atoms with E-state index in [0.29, 0.717) is 17.9 Å². The van der Waals surface area contributed by atoms with Crippen molar-refractivity contribution in [3.8, 4) is 28.6 Å². The molecule has 1 aliphatic rings. The lowest BCUT2D eigenvalue weighted by molar-refractivity contribution is 0.125. The second-order valence-electron chi connectivity index (χ2n) is 7.55. The summed E-state index contributed by atoms with van der Waals surface area (Å²) in [6, 6.07) is 11.9. The number of phenols is 1. The van der Waals surface area contributed by atoms with Crippen molar-refractivity contribution in [1.82, 2.24) is 4.90 Å². The molecule has 1 aromatic heterocycles. The summed E-state index contributed by atoms with van der Waals surface area (Å²) in [5.41, 5.74) is 0.157. The van der Waals surface area contributed by atoms with Crippen molar-refractivity contribution in [2.75, 3.05) is 19.7 Å². The van der Waals surface area contributed by atoms with E-state index in [1.807, 2.05) is 6.07 Å². The number of likely N-dealkylation sites (tertiary alicyclic amines) is 1. The van der Waals surface area contributed by atoms with Crippen LogP contribution in [-0.2, 0) is 0 Å². The number of benzene rings is 2. The van der Waals surface area contributed by atoms with Gasteiger partial charge in [0.15, 0.2) is 0 Å². The third-order valence-electron chi connectivity index (χ3n) is 5.50. The van der Waals surface area contributed by atoms with Gasteiger partial charge in [-0.2, -0.15) is 0 Å². The SMILES string of the molecule is CC(COc1cc(O)c2c(=O)c(-c3ccccc3)c(O)oc2c1)N1CCCCC1. The van der Waals surface area contributed by atoms with Crippen LogP contribution in [0.2, 0.25) is 0 Å². The van der Waals surface area contributed by atoms with Crippen LogP contribution in [0.3, 0.4) is 0 Å². The maximum atomic E-state index is 12.9. The topological polar surface area (TPSA) is 83.1 Å². The van der Waals surface area contributed by atoms with Crippen molar-refractivity contribution < 1.29 is 19.4 Å². The fourth-order valence-corrected chi connectivity index (χ4v) is 3.89. The minimum atomic E-state index is -0.485. The summed E-state index contributed by atoms with van der Waals surface area (Å²) >= 11 is 0. The Balaban J connectivity index is 1.63. The Morgan fingerprint density at radius 1 is 1.10 bits per heavy atom. The van der Waals surface area contributed by atoms with Gasteiger partial charge in [0.2, 0.25) is 5.43 Å². The standard InChI is InChI=1S/C23H25NO5/c1-15(24-10-6-3-7-11-24)14-28-17-12-18(25)21-19(13-17)29-23(27)20(22(21)26)16-8-4-2-5-9-16/h2,4-5,8-9,12-13,15,25,27H,3,6-7,10-11,14H2,1H3. The number of phenolic OH excluding ortho intramolecular Hbond substituents is 1. The zero-order valence-corrected chi connectivity index (χ0v) is 16.4. The first kappa shape index (κ1) is 19.3. The van der Waals surface area contributed by atoms with E-state index in [9.17, 15) is 15.0 Å². The number of piperidine rings is 1. The maximum absolute atomic E-state index is 12.9. The summed E-state index contributed by atoms with van der Waals surface area (Å²) in [7, 11) is 0. The molecule has 0 amide bonds. The van der Waals surface area contributed by atoms with Gasteiger partial charge >= 0.3 is 0 Å². The molecule has 4 rings (SSSR count). The van der Waals surface area contributed by atoms with Gasteiger partial charge < -0.3 is 19.4 Å². The van der Waals surface area contributed by atoms with Gasteiger partial charge in [0, 0.05) is 18.2 Å². The molecule has 1 aliphatic heterocycles. The summed E-state index contributed by atoms with van der Waals surface area (Å²) in [5, 5.41) is 20.8. The first-order valence-corrected chi connectivity index (χ1v) is 9.99. The molecule has 6 nitrogen and oxygen atoms in total. The fourth-order valence-electron chi connectivity index (χ4n) is 3.89. The molecule has 2 heterocycles. The summed E-state index contributed by atoms with van der Waals surface area (Å²) in [6.45, 7) is 4.71. The molecule has 1 unspecified atom stereocenters. The summed E-state index contributed by atoms with van der Waals surface area (Å²) in [6.07, 6.45) is 3.68. The normalized spacial score (nSPS) is 16.0. The van der Waals surface area contributed by atoms with Crippen LogP contribution in [0.4, 0.5) is 0 Å². The second kappa shape index (κ2) is 8.17. The molecule has 1 saturated heterocycles. The molecule has 0 aliphatic carbocycles. The minimum absolute atomic E-state index is 0.0260. The first-order valence-electron chi connectivity index (χ1n) is 9.99. The van der Waals surface area contributed by atoms with Gasteiger partial charge in [-0.1, -0.05) is 36.8 Å². The highest BCUT2D eigenvalue weighted by Gasteiger charge is 2.20. The molecule has 2 aromatic carbocycles. The molecule has 1 atom stereocenters. The molecular weight excluding hydrogens is 370 g/mol. The van der Waals surface area contributed by atoms with Crippen LogP contribution in [0.1, 0.15) is 26.2 Å². The number of aromatic hydroxyl groups is 2. The highest BCUT2D eigenvalue weighted by Crippen LogP contribution is 2.35. The Kier molecular flexibility index (Phi) is 5.45. The van der Waals surface area contributed by atoms with Crippen molar-refractivity contribution in [3.05, 3.63) is 52.7 Å². The van der Waals surface area contributed by atoms with Gasteiger partial charge in [-0.3, -0.25) is 9.69 Å². The van der Waals surface area contributed by atoms with Crippen LogP contribution in [-0.4, -0.2) is 40.9 Å². The molecule has 3 aromatic rings. The first-order chi connectivity index (χ1) is 14.0. The van der Waals surface area contributed by atoms with Crippen molar-refractivity contribution >= 4 is 11.0 Å². The van der Waals surface area contributed by atoms with Crippen LogP contribution < -0.4 is 10.2 Å². The monoisotopic (exact) mass is 395 g/mol. The summed E-state index contributed by atoms with van der Waals surface area (Å²) in [5.74, 6) is -0.310. The van der Waals surface area contributed by atoms with E-state index in [4.69, 9.17) is 9.15 Å².